The molecule has 0 amide bonds. The third-order valence-electron chi connectivity index (χ3n) is 3.78. The van der Waals surface area contributed by atoms with Gasteiger partial charge in [-0.2, -0.15) is 0 Å². The van der Waals surface area contributed by atoms with Gasteiger partial charge in [0.05, 0.1) is 11.4 Å². The van der Waals surface area contributed by atoms with Gasteiger partial charge in [0.25, 0.3) is 0 Å². The fraction of sp³-hybridized carbons (Fsp3) is 0.294. The fourth-order valence-electron chi connectivity index (χ4n) is 2.69. The molecule has 3 heteroatoms. The minimum absolute atomic E-state index is 0.154. The number of halogens is 1. The standard InChI is InChI=1S/C17H19FN2/c18-15-8-2-1-7-14(15)13-19-16-9-3-4-10-17(16)20-11-5-6-12-20/h1-4,7-10,19H,5-6,11-13H2. The summed E-state index contributed by atoms with van der Waals surface area (Å²) in [6.45, 7) is 2.73. The third kappa shape index (κ3) is 2.77. The van der Waals surface area contributed by atoms with Gasteiger partial charge >= 0.3 is 0 Å². The van der Waals surface area contributed by atoms with Gasteiger partial charge in [0, 0.05) is 25.2 Å². The summed E-state index contributed by atoms with van der Waals surface area (Å²) in [5.74, 6) is -0.154. The van der Waals surface area contributed by atoms with Gasteiger partial charge in [0.2, 0.25) is 0 Å². The van der Waals surface area contributed by atoms with E-state index in [4.69, 9.17) is 0 Å². The molecule has 2 aromatic rings. The maximum atomic E-state index is 13.6. The normalized spacial score (nSPS) is 14.6. The molecule has 0 saturated carbocycles. The molecule has 1 saturated heterocycles. The first-order valence-electron chi connectivity index (χ1n) is 7.16. The SMILES string of the molecule is Fc1ccccc1CNc1ccccc1N1CCCC1. The molecule has 0 spiro atoms. The number of hydrogen-bond acceptors (Lipinski definition) is 2. The highest BCUT2D eigenvalue weighted by Gasteiger charge is 2.15. The zero-order valence-electron chi connectivity index (χ0n) is 11.5. The molecule has 3 rings (SSSR count). The van der Waals surface area contributed by atoms with Crippen LogP contribution in [-0.4, -0.2) is 13.1 Å². The molecule has 2 nitrogen and oxygen atoms in total. The van der Waals surface area contributed by atoms with Crippen molar-refractivity contribution >= 4 is 11.4 Å². The molecule has 104 valence electrons. The van der Waals surface area contributed by atoms with Crippen LogP contribution in [0.4, 0.5) is 15.8 Å². The Hall–Kier alpha value is -2.03. The lowest BCUT2D eigenvalue weighted by Gasteiger charge is -2.22. The predicted octanol–water partition coefficient (Wildman–Crippen LogP) is 4.04. The number of benzene rings is 2. The largest absolute Gasteiger partial charge is 0.379 e. The van der Waals surface area contributed by atoms with E-state index in [0.29, 0.717) is 12.1 Å². The van der Waals surface area contributed by atoms with Gasteiger partial charge in [-0.05, 0) is 31.0 Å². The van der Waals surface area contributed by atoms with Crippen molar-refractivity contribution in [2.24, 2.45) is 0 Å². The van der Waals surface area contributed by atoms with Crippen LogP contribution in [0.25, 0.3) is 0 Å². The Balaban J connectivity index is 1.76. The van der Waals surface area contributed by atoms with E-state index in [1.165, 1.54) is 24.6 Å². The van der Waals surface area contributed by atoms with Gasteiger partial charge in [0.15, 0.2) is 0 Å². The molecular weight excluding hydrogens is 251 g/mol. The second kappa shape index (κ2) is 5.95. The lowest BCUT2D eigenvalue weighted by molar-refractivity contribution is 0.613. The summed E-state index contributed by atoms with van der Waals surface area (Å²) in [6.07, 6.45) is 2.50. The van der Waals surface area contributed by atoms with Crippen LogP contribution in [0.15, 0.2) is 48.5 Å². The topological polar surface area (TPSA) is 15.3 Å². The van der Waals surface area contributed by atoms with Crippen LogP contribution in [0, 0.1) is 5.82 Å². The highest BCUT2D eigenvalue weighted by atomic mass is 19.1. The summed E-state index contributed by atoms with van der Waals surface area (Å²) >= 11 is 0. The number of para-hydroxylation sites is 2. The number of nitrogens with one attached hydrogen (secondary N) is 1. The van der Waals surface area contributed by atoms with E-state index < -0.39 is 0 Å². The second-order valence-electron chi connectivity index (χ2n) is 5.16. The Morgan fingerprint density at radius 1 is 0.950 bits per heavy atom. The summed E-state index contributed by atoms with van der Waals surface area (Å²) < 4.78 is 13.6. The summed E-state index contributed by atoms with van der Waals surface area (Å²) in [7, 11) is 0. The molecule has 0 aromatic heterocycles. The highest BCUT2D eigenvalue weighted by molar-refractivity contribution is 5.70. The Kier molecular flexibility index (Phi) is 3.86. The molecule has 0 unspecified atom stereocenters. The summed E-state index contributed by atoms with van der Waals surface area (Å²) in [6, 6.07) is 15.2. The molecule has 1 fully saturated rings. The Morgan fingerprint density at radius 2 is 1.65 bits per heavy atom. The van der Waals surface area contributed by atoms with Gasteiger partial charge in [-0.15, -0.1) is 0 Å². The molecule has 1 heterocycles. The van der Waals surface area contributed by atoms with Crippen molar-refractivity contribution in [3.8, 4) is 0 Å². The molecule has 0 bridgehead atoms. The van der Waals surface area contributed by atoms with Crippen molar-refractivity contribution in [2.45, 2.75) is 19.4 Å². The Bertz CT molecular complexity index is 577. The van der Waals surface area contributed by atoms with E-state index >= 15 is 0 Å². The lowest BCUT2D eigenvalue weighted by atomic mass is 10.2. The molecule has 0 radical (unpaired) electrons. The van der Waals surface area contributed by atoms with E-state index in [1.807, 2.05) is 18.2 Å². The van der Waals surface area contributed by atoms with Crippen LogP contribution in [-0.2, 0) is 6.54 Å². The van der Waals surface area contributed by atoms with E-state index in [2.05, 4.69) is 28.4 Å². The maximum Gasteiger partial charge on any atom is 0.128 e. The van der Waals surface area contributed by atoms with E-state index in [0.717, 1.165) is 18.8 Å². The number of nitrogens with zero attached hydrogens (tertiary/aromatic N) is 1. The number of anilines is 2. The molecule has 20 heavy (non-hydrogen) atoms. The van der Waals surface area contributed by atoms with E-state index in [1.54, 1.807) is 6.07 Å². The van der Waals surface area contributed by atoms with Crippen LogP contribution in [0.3, 0.4) is 0 Å². The minimum Gasteiger partial charge on any atom is -0.379 e. The molecule has 0 atom stereocenters. The van der Waals surface area contributed by atoms with Gasteiger partial charge in [-0.1, -0.05) is 30.3 Å². The van der Waals surface area contributed by atoms with Crippen molar-refractivity contribution in [3.05, 3.63) is 59.9 Å². The first-order chi connectivity index (χ1) is 9.84. The van der Waals surface area contributed by atoms with Crippen molar-refractivity contribution in [1.82, 2.24) is 0 Å². The van der Waals surface area contributed by atoms with Gasteiger partial charge in [-0.3, -0.25) is 0 Å². The summed E-state index contributed by atoms with van der Waals surface area (Å²) in [5, 5.41) is 3.37. The second-order valence-corrected chi connectivity index (χ2v) is 5.16. The Morgan fingerprint density at radius 3 is 2.45 bits per heavy atom. The molecule has 1 N–H and O–H groups in total. The molecule has 2 aromatic carbocycles. The molecule has 1 aliphatic heterocycles. The Labute approximate surface area is 119 Å². The summed E-state index contributed by atoms with van der Waals surface area (Å²) in [4.78, 5) is 2.39. The van der Waals surface area contributed by atoms with E-state index in [9.17, 15) is 4.39 Å². The summed E-state index contributed by atoms with van der Waals surface area (Å²) in [5.41, 5.74) is 3.00. The van der Waals surface area contributed by atoms with Crippen LogP contribution >= 0.6 is 0 Å². The predicted molar refractivity (Wildman–Crippen MR) is 81.6 cm³/mol. The monoisotopic (exact) mass is 270 g/mol. The molecular formula is C17H19FN2. The first-order valence-corrected chi connectivity index (χ1v) is 7.16. The van der Waals surface area contributed by atoms with Gasteiger partial charge in [0.1, 0.15) is 5.82 Å². The number of hydrogen-bond donors (Lipinski definition) is 1. The number of rotatable bonds is 4. The van der Waals surface area contributed by atoms with Gasteiger partial charge in [-0.25, -0.2) is 4.39 Å². The van der Waals surface area contributed by atoms with Crippen molar-refractivity contribution in [3.63, 3.8) is 0 Å². The quantitative estimate of drug-likeness (QED) is 0.902. The van der Waals surface area contributed by atoms with Crippen molar-refractivity contribution in [2.75, 3.05) is 23.3 Å². The maximum absolute atomic E-state index is 13.6. The lowest BCUT2D eigenvalue weighted by Crippen LogP contribution is -2.19. The molecule has 1 aliphatic rings. The van der Waals surface area contributed by atoms with Crippen LogP contribution in [0.2, 0.25) is 0 Å². The minimum atomic E-state index is -0.154. The van der Waals surface area contributed by atoms with E-state index in [-0.39, 0.29) is 5.82 Å². The fourth-order valence-corrected chi connectivity index (χ4v) is 2.69. The average molecular weight is 270 g/mol. The van der Waals surface area contributed by atoms with Gasteiger partial charge < -0.3 is 10.2 Å². The van der Waals surface area contributed by atoms with Crippen LogP contribution in [0.1, 0.15) is 18.4 Å². The zero-order valence-corrected chi connectivity index (χ0v) is 11.5. The first kappa shape index (κ1) is 13.0. The smallest absolute Gasteiger partial charge is 0.128 e. The molecule has 0 aliphatic carbocycles. The zero-order chi connectivity index (χ0) is 13.8. The van der Waals surface area contributed by atoms with Crippen molar-refractivity contribution in [1.29, 1.82) is 0 Å². The average Bonchev–Trinajstić information content (AvgIpc) is 3.01. The van der Waals surface area contributed by atoms with Crippen molar-refractivity contribution < 1.29 is 4.39 Å². The van der Waals surface area contributed by atoms with Crippen LogP contribution in [0.5, 0.6) is 0 Å². The third-order valence-corrected chi connectivity index (χ3v) is 3.78. The highest BCUT2D eigenvalue weighted by Crippen LogP contribution is 2.29. The van der Waals surface area contributed by atoms with Crippen LogP contribution < -0.4 is 10.2 Å².